The van der Waals surface area contributed by atoms with Gasteiger partial charge in [-0.2, -0.15) is 0 Å². The van der Waals surface area contributed by atoms with Crippen LogP contribution in [0.15, 0.2) is 42.6 Å². The fourth-order valence-electron chi connectivity index (χ4n) is 2.41. The van der Waals surface area contributed by atoms with Gasteiger partial charge in [0.15, 0.2) is 0 Å². The van der Waals surface area contributed by atoms with Gasteiger partial charge >= 0.3 is 0 Å². The van der Waals surface area contributed by atoms with Gasteiger partial charge in [-0.25, -0.2) is 4.39 Å². The lowest BCUT2D eigenvalue weighted by atomic mass is 9.79. The maximum atomic E-state index is 13.9. The molecule has 1 nitrogen and oxygen atoms in total. The predicted octanol–water partition coefficient (Wildman–Crippen LogP) is 5.10. The molecule has 0 saturated carbocycles. The van der Waals surface area contributed by atoms with Crippen LogP contribution in [0.4, 0.5) is 4.39 Å². The third-order valence-corrected chi connectivity index (χ3v) is 3.46. The molecule has 1 aromatic carbocycles. The Bertz CT molecular complexity index is 570. The van der Waals surface area contributed by atoms with Crippen LogP contribution in [0.5, 0.6) is 0 Å². The Labute approximate surface area is 120 Å². The van der Waals surface area contributed by atoms with Crippen molar-refractivity contribution in [1.82, 2.24) is 4.98 Å². The highest BCUT2D eigenvalue weighted by Gasteiger charge is 2.23. The summed E-state index contributed by atoms with van der Waals surface area (Å²) in [5, 5.41) is 0. The van der Waals surface area contributed by atoms with Crippen LogP contribution in [0.1, 0.15) is 49.9 Å². The second kappa shape index (κ2) is 5.74. The third-order valence-electron chi connectivity index (χ3n) is 3.46. The van der Waals surface area contributed by atoms with Gasteiger partial charge in [0.1, 0.15) is 5.82 Å². The number of halogens is 1. The fourth-order valence-corrected chi connectivity index (χ4v) is 2.41. The standard InChI is InChI=1S/C18H22FN/c1-13-8-9-14(11-16(13)19)15(12-18(2,3)4)17-7-5-6-10-20-17/h5-11,15H,12H2,1-4H3/t15-/m1/s1. The summed E-state index contributed by atoms with van der Waals surface area (Å²) in [6.07, 6.45) is 2.74. The first kappa shape index (κ1) is 14.7. The minimum Gasteiger partial charge on any atom is -0.261 e. The zero-order valence-electron chi connectivity index (χ0n) is 12.7. The van der Waals surface area contributed by atoms with Crippen molar-refractivity contribution >= 4 is 0 Å². The van der Waals surface area contributed by atoms with Crippen LogP contribution in [0, 0.1) is 18.2 Å². The lowest BCUT2D eigenvalue weighted by Crippen LogP contribution is -2.14. The SMILES string of the molecule is Cc1ccc([C@@H](CC(C)(C)C)c2ccccn2)cc1F. The van der Waals surface area contributed by atoms with E-state index in [1.807, 2.05) is 30.3 Å². The Hall–Kier alpha value is -1.70. The Morgan fingerprint density at radius 2 is 1.90 bits per heavy atom. The number of pyridine rings is 1. The molecule has 2 heteroatoms. The Balaban J connectivity index is 2.43. The van der Waals surface area contributed by atoms with Crippen molar-refractivity contribution in [2.24, 2.45) is 5.41 Å². The minimum atomic E-state index is -0.141. The molecule has 0 fully saturated rings. The molecule has 0 N–H and O–H groups in total. The molecule has 2 rings (SSSR count). The van der Waals surface area contributed by atoms with Gasteiger partial charge < -0.3 is 0 Å². The van der Waals surface area contributed by atoms with Gasteiger partial charge in [-0.05, 0) is 48.1 Å². The van der Waals surface area contributed by atoms with E-state index in [-0.39, 0.29) is 17.2 Å². The van der Waals surface area contributed by atoms with E-state index in [9.17, 15) is 4.39 Å². The van der Waals surface area contributed by atoms with Gasteiger partial charge in [-0.1, -0.05) is 39.0 Å². The molecule has 1 aromatic heterocycles. The normalized spacial score (nSPS) is 13.2. The van der Waals surface area contributed by atoms with Crippen LogP contribution in [0.25, 0.3) is 0 Å². The summed E-state index contributed by atoms with van der Waals surface area (Å²) in [5.74, 6) is -0.0105. The molecule has 0 aliphatic heterocycles. The summed E-state index contributed by atoms with van der Waals surface area (Å²) >= 11 is 0. The molecule has 20 heavy (non-hydrogen) atoms. The molecule has 0 aliphatic carbocycles. The Morgan fingerprint density at radius 3 is 2.45 bits per heavy atom. The Kier molecular flexibility index (Phi) is 4.22. The Morgan fingerprint density at radius 1 is 1.15 bits per heavy atom. The van der Waals surface area contributed by atoms with Crippen molar-refractivity contribution in [3.63, 3.8) is 0 Å². The van der Waals surface area contributed by atoms with Gasteiger partial charge in [0.25, 0.3) is 0 Å². The summed E-state index contributed by atoms with van der Waals surface area (Å²) in [6, 6.07) is 11.4. The second-order valence-electron chi connectivity index (χ2n) is 6.58. The van der Waals surface area contributed by atoms with E-state index in [1.165, 1.54) is 0 Å². The van der Waals surface area contributed by atoms with Crippen LogP contribution < -0.4 is 0 Å². The van der Waals surface area contributed by atoms with E-state index < -0.39 is 0 Å². The first-order valence-electron chi connectivity index (χ1n) is 7.04. The summed E-state index contributed by atoms with van der Waals surface area (Å²) in [5.41, 5.74) is 2.85. The van der Waals surface area contributed by atoms with Crippen molar-refractivity contribution in [1.29, 1.82) is 0 Å². The minimum absolute atomic E-state index is 0.131. The number of aromatic nitrogens is 1. The molecule has 0 spiro atoms. The second-order valence-corrected chi connectivity index (χ2v) is 6.58. The molecule has 0 amide bonds. The maximum absolute atomic E-state index is 13.9. The maximum Gasteiger partial charge on any atom is 0.126 e. The highest BCUT2D eigenvalue weighted by atomic mass is 19.1. The van der Waals surface area contributed by atoms with Crippen molar-refractivity contribution in [3.05, 3.63) is 65.2 Å². The number of rotatable bonds is 3. The number of aryl methyl sites for hydroxylation is 1. The van der Waals surface area contributed by atoms with Crippen LogP contribution in [-0.2, 0) is 0 Å². The average Bonchev–Trinajstić information content (AvgIpc) is 2.39. The molecule has 0 radical (unpaired) electrons. The quantitative estimate of drug-likeness (QED) is 0.757. The van der Waals surface area contributed by atoms with E-state index in [1.54, 1.807) is 19.2 Å². The lowest BCUT2D eigenvalue weighted by molar-refractivity contribution is 0.354. The summed E-state index contributed by atoms with van der Waals surface area (Å²) < 4.78 is 13.9. The van der Waals surface area contributed by atoms with Gasteiger partial charge in [-0.3, -0.25) is 4.98 Å². The zero-order chi connectivity index (χ0) is 14.8. The highest BCUT2D eigenvalue weighted by Crippen LogP contribution is 2.35. The predicted molar refractivity (Wildman–Crippen MR) is 81.3 cm³/mol. The monoisotopic (exact) mass is 271 g/mol. The molecular formula is C18H22FN. The number of benzene rings is 1. The molecular weight excluding hydrogens is 249 g/mol. The molecule has 1 atom stereocenters. The topological polar surface area (TPSA) is 12.9 Å². The van der Waals surface area contributed by atoms with Crippen molar-refractivity contribution in [2.75, 3.05) is 0 Å². The van der Waals surface area contributed by atoms with Crippen LogP contribution in [-0.4, -0.2) is 4.98 Å². The van der Waals surface area contributed by atoms with E-state index in [0.717, 1.165) is 17.7 Å². The highest BCUT2D eigenvalue weighted by molar-refractivity contribution is 5.32. The molecule has 2 aromatic rings. The molecule has 0 aliphatic rings. The first-order valence-corrected chi connectivity index (χ1v) is 7.04. The van der Waals surface area contributed by atoms with Gasteiger partial charge in [0.2, 0.25) is 0 Å². The fraction of sp³-hybridized carbons (Fsp3) is 0.389. The zero-order valence-corrected chi connectivity index (χ0v) is 12.7. The molecule has 106 valence electrons. The van der Waals surface area contributed by atoms with E-state index in [2.05, 4.69) is 25.8 Å². The van der Waals surface area contributed by atoms with Crippen molar-refractivity contribution < 1.29 is 4.39 Å². The van der Waals surface area contributed by atoms with Crippen molar-refractivity contribution in [2.45, 2.75) is 40.0 Å². The van der Waals surface area contributed by atoms with Crippen LogP contribution in [0.3, 0.4) is 0 Å². The number of nitrogens with zero attached hydrogens (tertiary/aromatic N) is 1. The van der Waals surface area contributed by atoms with E-state index >= 15 is 0 Å². The molecule has 1 heterocycles. The summed E-state index contributed by atoms with van der Waals surface area (Å²) in [6.45, 7) is 8.40. The van der Waals surface area contributed by atoms with Crippen LogP contribution in [0.2, 0.25) is 0 Å². The van der Waals surface area contributed by atoms with Gasteiger partial charge in [0.05, 0.1) is 0 Å². The van der Waals surface area contributed by atoms with E-state index in [0.29, 0.717) is 5.56 Å². The first-order chi connectivity index (χ1) is 9.37. The number of hydrogen-bond acceptors (Lipinski definition) is 1. The molecule has 0 saturated heterocycles. The average molecular weight is 271 g/mol. The summed E-state index contributed by atoms with van der Waals surface area (Å²) in [4.78, 5) is 4.47. The van der Waals surface area contributed by atoms with Crippen molar-refractivity contribution in [3.8, 4) is 0 Å². The smallest absolute Gasteiger partial charge is 0.126 e. The summed E-state index contributed by atoms with van der Waals surface area (Å²) in [7, 11) is 0. The van der Waals surface area contributed by atoms with Gasteiger partial charge in [0, 0.05) is 17.8 Å². The van der Waals surface area contributed by atoms with Crippen LogP contribution >= 0.6 is 0 Å². The van der Waals surface area contributed by atoms with E-state index in [4.69, 9.17) is 0 Å². The third kappa shape index (κ3) is 3.66. The molecule has 0 unspecified atom stereocenters. The number of hydrogen-bond donors (Lipinski definition) is 0. The lowest BCUT2D eigenvalue weighted by Gasteiger charge is -2.26. The molecule has 0 bridgehead atoms. The largest absolute Gasteiger partial charge is 0.261 e. The van der Waals surface area contributed by atoms with Gasteiger partial charge in [-0.15, -0.1) is 0 Å².